The van der Waals surface area contributed by atoms with E-state index in [4.69, 9.17) is 0 Å². The monoisotopic (exact) mass is 516 g/mol. The highest BCUT2D eigenvalue weighted by molar-refractivity contribution is 6.04. The first-order valence-corrected chi connectivity index (χ1v) is 15.3. The van der Waals surface area contributed by atoms with Crippen molar-refractivity contribution in [3.63, 3.8) is 0 Å². The lowest BCUT2D eigenvalue weighted by Crippen LogP contribution is -2.66. The van der Waals surface area contributed by atoms with E-state index in [2.05, 4.69) is 51.7 Å². The van der Waals surface area contributed by atoms with E-state index in [1.807, 2.05) is 19.9 Å². The van der Waals surface area contributed by atoms with Gasteiger partial charge in [-0.2, -0.15) is 5.26 Å². The summed E-state index contributed by atoms with van der Waals surface area (Å²) in [4.78, 5) is 30.5. The fourth-order valence-corrected chi connectivity index (χ4v) is 11.0. The standard InChI is InChI=1S/C34H48N2O2/c1-29(2)11-13-34(21-36-15-8-16-36)14-12-33(7)27(23(34)19-29)24(37)17-26-31(5)18-22(20-35)28(38)30(3,4)25(31)9-10-32(26,33)6/h17-18,23,25,27H,8-16,19,21H2,1-7H3/t23?,25?,27-,31-,32+,33+,34+/m0/s1. The second-order valence-electron chi connectivity index (χ2n) is 16.2. The highest BCUT2D eigenvalue weighted by Crippen LogP contribution is 2.74. The largest absolute Gasteiger partial charge is 0.303 e. The Morgan fingerprint density at radius 1 is 0.974 bits per heavy atom. The number of carbonyl (C=O) groups excluding carboxylic acids is 2. The van der Waals surface area contributed by atoms with Crippen molar-refractivity contribution < 1.29 is 9.59 Å². The van der Waals surface area contributed by atoms with Crippen molar-refractivity contribution >= 4 is 11.6 Å². The van der Waals surface area contributed by atoms with Gasteiger partial charge < -0.3 is 4.90 Å². The first kappa shape index (κ1) is 26.5. The zero-order valence-corrected chi connectivity index (χ0v) is 24.9. The van der Waals surface area contributed by atoms with Gasteiger partial charge in [-0.25, -0.2) is 0 Å². The van der Waals surface area contributed by atoms with Gasteiger partial charge in [0, 0.05) is 23.3 Å². The molecule has 1 heterocycles. The Bertz CT molecular complexity index is 1200. The van der Waals surface area contributed by atoms with Crippen LogP contribution in [0.2, 0.25) is 0 Å². The second kappa shape index (κ2) is 7.93. The molecule has 0 radical (unpaired) electrons. The van der Waals surface area contributed by atoms with Crippen LogP contribution in [0.5, 0.6) is 0 Å². The fourth-order valence-electron chi connectivity index (χ4n) is 11.0. The Morgan fingerprint density at radius 3 is 2.29 bits per heavy atom. The minimum atomic E-state index is -0.607. The van der Waals surface area contributed by atoms with Crippen molar-refractivity contribution in [1.29, 1.82) is 5.26 Å². The minimum Gasteiger partial charge on any atom is -0.303 e. The van der Waals surface area contributed by atoms with Crippen molar-refractivity contribution in [2.24, 2.45) is 50.2 Å². The molecule has 0 spiro atoms. The molecule has 6 aliphatic rings. The molecule has 4 nitrogen and oxygen atoms in total. The molecule has 7 atom stereocenters. The van der Waals surface area contributed by atoms with Gasteiger partial charge in [0.05, 0.1) is 5.57 Å². The summed E-state index contributed by atoms with van der Waals surface area (Å²) in [5, 5.41) is 9.92. The Labute approximate surface area is 230 Å². The van der Waals surface area contributed by atoms with E-state index in [-0.39, 0.29) is 44.9 Å². The van der Waals surface area contributed by atoms with Crippen LogP contribution in [0.25, 0.3) is 0 Å². The summed E-state index contributed by atoms with van der Waals surface area (Å²) in [5.41, 5.74) is 0.745. The number of hydrogen-bond donors (Lipinski definition) is 0. The van der Waals surface area contributed by atoms with E-state index < -0.39 is 10.8 Å². The molecule has 6 rings (SSSR count). The van der Waals surface area contributed by atoms with E-state index in [0.717, 1.165) is 25.7 Å². The average Bonchev–Trinajstić information content (AvgIpc) is 2.81. The van der Waals surface area contributed by atoms with Crippen LogP contribution >= 0.6 is 0 Å². The molecule has 38 heavy (non-hydrogen) atoms. The Morgan fingerprint density at radius 2 is 1.66 bits per heavy atom. The van der Waals surface area contributed by atoms with Crippen LogP contribution in [0.1, 0.15) is 99.8 Å². The first-order chi connectivity index (χ1) is 17.6. The van der Waals surface area contributed by atoms with Crippen LogP contribution in [-0.2, 0) is 9.59 Å². The van der Waals surface area contributed by atoms with Crippen molar-refractivity contribution in [3.8, 4) is 6.07 Å². The van der Waals surface area contributed by atoms with Gasteiger partial charge in [-0.05, 0) is 104 Å². The molecule has 0 amide bonds. The molecule has 206 valence electrons. The molecule has 3 saturated carbocycles. The molecule has 0 bridgehead atoms. The predicted molar refractivity (Wildman–Crippen MR) is 150 cm³/mol. The van der Waals surface area contributed by atoms with Crippen molar-refractivity contribution in [2.75, 3.05) is 19.6 Å². The van der Waals surface area contributed by atoms with E-state index in [0.29, 0.717) is 11.7 Å². The number of hydrogen-bond acceptors (Lipinski definition) is 4. The van der Waals surface area contributed by atoms with Gasteiger partial charge in [0.2, 0.25) is 0 Å². The average molecular weight is 517 g/mol. The van der Waals surface area contributed by atoms with Crippen LogP contribution in [0.3, 0.4) is 0 Å². The summed E-state index contributed by atoms with van der Waals surface area (Å²) in [6.45, 7) is 19.6. The normalized spacial score (nSPS) is 47.3. The maximum atomic E-state index is 14.6. The molecule has 1 saturated heterocycles. The number of rotatable bonds is 2. The van der Waals surface area contributed by atoms with E-state index in [9.17, 15) is 14.9 Å². The third kappa shape index (κ3) is 3.24. The lowest BCUT2D eigenvalue weighted by atomic mass is 9.34. The van der Waals surface area contributed by atoms with Crippen LogP contribution in [0.15, 0.2) is 23.3 Å². The molecular formula is C34H48N2O2. The van der Waals surface area contributed by atoms with Gasteiger partial charge in [-0.3, -0.25) is 9.59 Å². The topological polar surface area (TPSA) is 61.2 Å². The Hall–Kier alpha value is -1.73. The zero-order chi connectivity index (χ0) is 27.5. The van der Waals surface area contributed by atoms with Gasteiger partial charge in [0.1, 0.15) is 6.07 Å². The lowest BCUT2D eigenvalue weighted by Gasteiger charge is -2.69. The lowest BCUT2D eigenvalue weighted by molar-refractivity contribution is -0.176. The summed E-state index contributed by atoms with van der Waals surface area (Å²) in [5.74, 6) is 0.890. The van der Waals surface area contributed by atoms with E-state index >= 15 is 0 Å². The molecule has 0 aromatic carbocycles. The summed E-state index contributed by atoms with van der Waals surface area (Å²) < 4.78 is 0. The maximum absolute atomic E-state index is 14.6. The molecule has 4 heteroatoms. The molecule has 4 fully saturated rings. The number of nitriles is 1. The molecule has 0 aromatic rings. The second-order valence-corrected chi connectivity index (χ2v) is 16.2. The van der Waals surface area contributed by atoms with Crippen LogP contribution in [0, 0.1) is 61.6 Å². The summed E-state index contributed by atoms with van der Waals surface area (Å²) in [6, 6.07) is 2.23. The van der Waals surface area contributed by atoms with E-state index in [1.54, 1.807) is 0 Å². The molecule has 0 aromatic heterocycles. The predicted octanol–water partition coefficient (Wildman–Crippen LogP) is 6.91. The van der Waals surface area contributed by atoms with Crippen molar-refractivity contribution in [1.82, 2.24) is 4.90 Å². The van der Waals surface area contributed by atoms with Crippen LogP contribution < -0.4 is 0 Å². The maximum Gasteiger partial charge on any atom is 0.178 e. The number of Topliss-reactive ketones (excluding diaryl/α,β-unsaturated/α-hetero) is 1. The molecular weight excluding hydrogens is 468 g/mol. The number of allylic oxidation sites excluding steroid dienone is 4. The van der Waals surface area contributed by atoms with Gasteiger partial charge in [0.15, 0.2) is 11.6 Å². The van der Waals surface area contributed by atoms with Crippen LogP contribution in [0.4, 0.5) is 0 Å². The third-order valence-corrected chi connectivity index (χ3v) is 13.5. The van der Waals surface area contributed by atoms with Crippen LogP contribution in [-0.4, -0.2) is 36.1 Å². The molecule has 0 N–H and O–H groups in total. The quantitative estimate of drug-likeness (QED) is 0.400. The number of nitrogens with zero attached hydrogens (tertiary/aromatic N) is 2. The Balaban J connectivity index is 1.49. The number of fused-ring (bicyclic) bond motifs is 7. The summed E-state index contributed by atoms with van der Waals surface area (Å²) in [7, 11) is 0. The molecule has 1 aliphatic heterocycles. The SMILES string of the molecule is CC1(C)CC[C@]2(CN3CCC3)CC[C@]3(C)[C@H](C(=O)C=C4[C@@]5(C)C=C(C#N)C(=O)C(C)(C)C5CC[C@]43C)C2C1. The fraction of sp³-hybridized carbons (Fsp3) is 0.794. The molecule has 2 unspecified atom stereocenters. The summed E-state index contributed by atoms with van der Waals surface area (Å²) in [6.07, 6.45) is 13.3. The van der Waals surface area contributed by atoms with Gasteiger partial charge in [-0.1, -0.05) is 60.1 Å². The third-order valence-electron chi connectivity index (χ3n) is 13.5. The Kier molecular flexibility index (Phi) is 5.53. The van der Waals surface area contributed by atoms with E-state index in [1.165, 1.54) is 50.9 Å². The highest BCUT2D eigenvalue weighted by Gasteiger charge is 2.69. The highest BCUT2D eigenvalue weighted by atomic mass is 16.1. The number of ketones is 2. The summed E-state index contributed by atoms with van der Waals surface area (Å²) >= 11 is 0. The van der Waals surface area contributed by atoms with Crippen molar-refractivity contribution in [2.45, 2.75) is 99.8 Å². The van der Waals surface area contributed by atoms with Gasteiger partial charge in [0.25, 0.3) is 0 Å². The number of carbonyl (C=O) groups is 2. The zero-order valence-electron chi connectivity index (χ0n) is 24.9. The number of likely N-dealkylation sites (tertiary alicyclic amines) is 1. The first-order valence-electron chi connectivity index (χ1n) is 15.3. The van der Waals surface area contributed by atoms with Gasteiger partial charge in [-0.15, -0.1) is 0 Å². The smallest absolute Gasteiger partial charge is 0.178 e. The van der Waals surface area contributed by atoms with Crippen molar-refractivity contribution in [3.05, 3.63) is 23.3 Å². The minimum absolute atomic E-state index is 0.0317. The van der Waals surface area contributed by atoms with Gasteiger partial charge >= 0.3 is 0 Å². The molecule has 5 aliphatic carbocycles.